The van der Waals surface area contributed by atoms with Crippen molar-refractivity contribution in [3.63, 3.8) is 0 Å². The van der Waals surface area contributed by atoms with Crippen molar-refractivity contribution < 1.29 is 80.2 Å². The van der Waals surface area contributed by atoms with Crippen LogP contribution in [0.5, 0.6) is 0 Å². The fourth-order valence-electron chi connectivity index (χ4n) is 12.0. The number of hydrogen-bond donors (Lipinski definition) is 3. The molecule has 0 heterocycles. The van der Waals surface area contributed by atoms with Gasteiger partial charge in [0.1, 0.15) is 19.3 Å². The summed E-state index contributed by atoms with van der Waals surface area (Å²) in [4.78, 5) is 72.9. The van der Waals surface area contributed by atoms with Crippen molar-refractivity contribution in [1.82, 2.24) is 0 Å². The average molecular weight is 1440 g/mol. The van der Waals surface area contributed by atoms with Crippen LogP contribution in [-0.2, 0) is 65.4 Å². The molecule has 4 unspecified atom stereocenters. The summed E-state index contributed by atoms with van der Waals surface area (Å²) in [5.41, 5.74) is 0. The molecule has 0 aliphatic heterocycles. The molecule has 0 aromatic carbocycles. The number of carbonyl (C=O) groups excluding carboxylic acids is 4. The Morgan fingerprint density at radius 3 is 0.724 bits per heavy atom. The van der Waals surface area contributed by atoms with Crippen molar-refractivity contribution in [2.45, 2.75) is 420 Å². The lowest BCUT2D eigenvalue weighted by Crippen LogP contribution is -2.30. The molecule has 0 aromatic heterocycles. The number of aliphatic hydroxyl groups is 1. The summed E-state index contributed by atoms with van der Waals surface area (Å²) in [5, 5.41) is 10.6. The van der Waals surface area contributed by atoms with Crippen molar-refractivity contribution in [3.05, 3.63) is 0 Å². The SMILES string of the molecule is CCC(C)CCCCCCCCCCCCCCCCC(=O)O[C@H](COC(=O)CCCCCCCCC(C)C)COP(=O)(O)OC[C@H](O)COP(=O)(O)OC[C@@H](COC(=O)CCCCCCCCCCCCCCCCC(C)C)OC(=O)CCCCCCCCCCCCC(C)CC. The molecule has 0 saturated carbocycles. The zero-order chi connectivity index (χ0) is 72.4. The maximum absolute atomic E-state index is 13.1. The monoisotopic (exact) mass is 1440 g/mol. The molecule has 582 valence electrons. The van der Waals surface area contributed by atoms with Crippen molar-refractivity contribution in [2.24, 2.45) is 23.7 Å². The second kappa shape index (κ2) is 68.2. The number of hydrogen-bond acceptors (Lipinski definition) is 15. The highest BCUT2D eigenvalue weighted by Gasteiger charge is 2.30. The lowest BCUT2D eigenvalue weighted by molar-refractivity contribution is -0.161. The van der Waals surface area contributed by atoms with Crippen molar-refractivity contribution >= 4 is 39.5 Å². The highest BCUT2D eigenvalue weighted by molar-refractivity contribution is 7.47. The highest BCUT2D eigenvalue weighted by atomic mass is 31.2. The lowest BCUT2D eigenvalue weighted by atomic mass is 9.99. The molecule has 7 atom stereocenters. The first-order valence-electron chi connectivity index (χ1n) is 40.8. The summed E-state index contributed by atoms with van der Waals surface area (Å²) in [6.45, 7) is 14.2. The van der Waals surface area contributed by atoms with E-state index in [0.717, 1.165) is 114 Å². The molecule has 0 radical (unpaired) electrons. The Hall–Kier alpha value is -1.94. The van der Waals surface area contributed by atoms with Crippen molar-refractivity contribution in [2.75, 3.05) is 39.6 Å². The van der Waals surface area contributed by atoms with Crippen LogP contribution in [0.1, 0.15) is 402 Å². The number of phosphoric ester groups is 2. The molecule has 0 rings (SSSR count). The van der Waals surface area contributed by atoms with E-state index >= 15 is 0 Å². The van der Waals surface area contributed by atoms with E-state index in [-0.39, 0.29) is 25.7 Å². The minimum Gasteiger partial charge on any atom is -0.462 e. The molecule has 0 spiro atoms. The van der Waals surface area contributed by atoms with Gasteiger partial charge in [0.05, 0.1) is 26.4 Å². The van der Waals surface area contributed by atoms with Crippen molar-refractivity contribution in [3.8, 4) is 0 Å². The van der Waals surface area contributed by atoms with Gasteiger partial charge in [-0.1, -0.05) is 351 Å². The van der Waals surface area contributed by atoms with Crippen LogP contribution < -0.4 is 0 Å². The van der Waals surface area contributed by atoms with E-state index in [4.69, 9.17) is 37.0 Å². The van der Waals surface area contributed by atoms with Crippen LogP contribution in [0.25, 0.3) is 0 Å². The van der Waals surface area contributed by atoms with Gasteiger partial charge in [0.15, 0.2) is 12.2 Å². The molecular weight excluding hydrogens is 1280 g/mol. The zero-order valence-corrected chi connectivity index (χ0v) is 66.2. The molecule has 0 bridgehead atoms. The van der Waals surface area contributed by atoms with E-state index < -0.39 is 97.5 Å². The van der Waals surface area contributed by atoms with E-state index in [2.05, 4.69) is 55.4 Å². The molecule has 3 N–H and O–H groups in total. The first-order chi connectivity index (χ1) is 47.2. The van der Waals surface area contributed by atoms with Gasteiger partial charge >= 0.3 is 39.5 Å². The standard InChI is InChI=1S/C79H154O17P2/c1-9-71(7)57-49-41-32-26-20-16-12-14-18-22-29-35-45-53-61-78(83)96-75(66-90-77(82)60-52-44-38-37-40-48-56-70(5)6)68-94-98(87,88)92-64-73(80)63-91-97(85,86)93-67-74(95-79(84)62-54-46-36-30-24-23-27-33-42-50-58-72(8)10-2)65-89-76(81)59-51-43-34-28-21-17-13-11-15-19-25-31-39-47-55-69(3)4/h69-75,80H,9-68H2,1-8H3,(H,85,86)(H,87,88)/t71?,72?,73-,74-,75-/m1/s1. The van der Waals surface area contributed by atoms with Gasteiger partial charge in [-0.3, -0.25) is 37.3 Å². The summed E-state index contributed by atoms with van der Waals surface area (Å²) >= 11 is 0. The summed E-state index contributed by atoms with van der Waals surface area (Å²) in [7, 11) is -9.92. The summed E-state index contributed by atoms with van der Waals surface area (Å²) < 4.78 is 68.6. The van der Waals surface area contributed by atoms with Crippen molar-refractivity contribution in [1.29, 1.82) is 0 Å². The fourth-order valence-corrected chi connectivity index (χ4v) is 13.6. The molecule has 19 heteroatoms. The maximum Gasteiger partial charge on any atom is 0.472 e. The number of ether oxygens (including phenoxy) is 4. The third-order valence-corrected chi connectivity index (χ3v) is 20.9. The van der Waals surface area contributed by atoms with Crippen LogP contribution in [0.4, 0.5) is 0 Å². The van der Waals surface area contributed by atoms with Crippen LogP contribution in [0.2, 0.25) is 0 Å². The molecule has 0 amide bonds. The van der Waals surface area contributed by atoms with E-state index in [1.807, 2.05) is 0 Å². The molecular formula is C79H154O17P2. The Labute approximate surface area is 600 Å². The van der Waals surface area contributed by atoms with Gasteiger partial charge in [-0.05, 0) is 49.4 Å². The topological polar surface area (TPSA) is 237 Å². The normalized spacial score (nSPS) is 14.6. The summed E-state index contributed by atoms with van der Waals surface area (Å²) in [5.74, 6) is 1.01. The van der Waals surface area contributed by atoms with E-state index in [9.17, 15) is 43.2 Å². The molecule has 0 aromatic rings. The van der Waals surface area contributed by atoms with Gasteiger partial charge in [0.2, 0.25) is 0 Å². The molecule has 0 saturated heterocycles. The van der Waals surface area contributed by atoms with E-state index in [1.165, 1.54) is 199 Å². The van der Waals surface area contributed by atoms with Crippen LogP contribution >= 0.6 is 15.6 Å². The smallest absolute Gasteiger partial charge is 0.462 e. The second-order valence-corrected chi connectivity index (χ2v) is 32.8. The number of carbonyl (C=O) groups is 4. The second-order valence-electron chi connectivity index (χ2n) is 29.9. The number of esters is 4. The van der Waals surface area contributed by atoms with Crippen LogP contribution in [0, 0.1) is 23.7 Å². The van der Waals surface area contributed by atoms with Gasteiger partial charge in [-0.2, -0.15) is 0 Å². The maximum atomic E-state index is 13.1. The van der Waals surface area contributed by atoms with Gasteiger partial charge < -0.3 is 33.8 Å². The molecule has 98 heavy (non-hydrogen) atoms. The Balaban J connectivity index is 5.22. The first kappa shape index (κ1) is 96.1. The molecule has 0 aliphatic rings. The Morgan fingerprint density at radius 1 is 0.286 bits per heavy atom. The number of phosphoric acid groups is 2. The number of rotatable bonds is 76. The third kappa shape index (κ3) is 69.8. The van der Waals surface area contributed by atoms with Gasteiger partial charge in [0, 0.05) is 25.7 Å². The largest absolute Gasteiger partial charge is 0.472 e. The summed E-state index contributed by atoms with van der Waals surface area (Å²) in [6.07, 6.45) is 54.1. The van der Waals surface area contributed by atoms with Crippen LogP contribution in [0.3, 0.4) is 0 Å². The third-order valence-electron chi connectivity index (χ3n) is 19.0. The molecule has 0 aliphatic carbocycles. The van der Waals surface area contributed by atoms with E-state index in [1.54, 1.807) is 0 Å². The quantitative estimate of drug-likeness (QED) is 0.0222. The predicted molar refractivity (Wildman–Crippen MR) is 400 cm³/mol. The lowest BCUT2D eigenvalue weighted by Gasteiger charge is -2.21. The molecule has 17 nitrogen and oxygen atoms in total. The summed E-state index contributed by atoms with van der Waals surface area (Å²) in [6, 6.07) is 0. The molecule has 0 fully saturated rings. The minimum atomic E-state index is -4.96. The first-order valence-corrected chi connectivity index (χ1v) is 43.8. The number of aliphatic hydroxyl groups excluding tert-OH is 1. The Bertz CT molecular complexity index is 1920. The van der Waals surface area contributed by atoms with Crippen LogP contribution in [-0.4, -0.2) is 96.7 Å². The number of unbranched alkanes of at least 4 members (excludes halogenated alkanes) is 40. The van der Waals surface area contributed by atoms with Crippen LogP contribution in [0.15, 0.2) is 0 Å². The predicted octanol–water partition coefficient (Wildman–Crippen LogP) is 23.2. The Kier molecular flexibility index (Phi) is 66.8. The fraction of sp³-hybridized carbons (Fsp3) is 0.949. The van der Waals surface area contributed by atoms with Gasteiger partial charge in [-0.15, -0.1) is 0 Å². The Morgan fingerprint density at radius 2 is 0.490 bits per heavy atom. The van der Waals surface area contributed by atoms with Gasteiger partial charge in [-0.25, -0.2) is 9.13 Å². The highest BCUT2D eigenvalue weighted by Crippen LogP contribution is 2.45. The average Bonchev–Trinajstić information content (AvgIpc) is 1.28. The minimum absolute atomic E-state index is 0.106. The van der Waals surface area contributed by atoms with Gasteiger partial charge in [0.25, 0.3) is 0 Å². The van der Waals surface area contributed by atoms with E-state index in [0.29, 0.717) is 31.6 Å². The zero-order valence-electron chi connectivity index (χ0n) is 64.4.